The molecule has 1 saturated heterocycles. The van der Waals surface area contributed by atoms with Gasteiger partial charge in [-0.3, -0.25) is 4.79 Å². The molecule has 1 aromatic carbocycles. The van der Waals surface area contributed by atoms with Crippen LogP contribution in [0.25, 0.3) is 0 Å². The number of hydrogen-bond donors (Lipinski definition) is 0. The first-order valence-electron chi connectivity index (χ1n) is 8.44. The third kappa shape index (κ3) is 4.10. The maximum Gasteiger partial charge on any atom is 0.226 e. The number of hydrogen-bond acceptors (Lipinski definition) is 2. The molecule has 3 heteroatoms. The van der Waals surface area contributed by atoms with Crippen LogP contribution in [0.2, 0.25) is 0 Å². The zero-order chi connectivity index (χ0) is 16.1. The molecule has 1 fully saturated rings. The van der Waals surface area contributed by atoms with Crippen molar-refractivity contribution in [3.63, 3.8) is 0 Å². The van der Waals surface area contributed by atoms with Gasteiger partial charge >= 0.3 is 0 Å². The number of ether oxygens (including phenoxy) is 1. The second kappa shape index (κ2) is 7.77. The van der Waals surface area contributed by atoms with E-state index in [-0.39, 0.29) is 12.0 Å². The average molecular weight is 303 g/mol. The van der Waals surface area contributed by atoms with E-state index in [4.69, 9.17) is 4.74 Å². The van der Waals surface area contributed by atoms with Crippen molar-refractivity contribution in [2.24, 2.45) is 11.8 Å². The van der Waals surface area contributed by atoms with Gasteiger partial charge in [0.2, 0.25) is 5.91 Å². The number of aryl methyl sites for hydroxylation is 1. The van der Waals surface area contributed by atoms with Gasteiger partial charge in [0.25, 0.3) is 0 Å². The van der Waals surface area contributed by atoms with Gasteiger partial charge < -0.3 is 9.64 Å². The molecule has 0 N–H and O–H groups in total. The van der Waals surface area contributed by atoms with E-state index in [9.17, 15) is 4.79 Å². The highest BCUT2D eigenvalue weighted by atomic mass is 16.5. The van der Waals surface area contributed by atoms with Gasteiger partial charge in [-0.2, -0.15) is 0 Å². The first-order chi connectivity index (χ1) is 10.5. The van der Waals surface area contributed by atoms with E-state index < -0.39 is 0 Å². The molecule has 0 spiro atoms. The molecular weight excluding hydrogens is 274 g/mol. The third-order valence-corrected chi connectivity index (χ3v) is 4.52. The van der Waals surface area contributed by atoms with Crippen LogP contribution in [0.5, 0.6) is 0 Å². The lowest BCUT2D eigenvalue weighted by molar-refractivity contribution is -0.141. The van der Waals surface area contributed by atoms with Crippen LogP contribution in [0.15, 0.2) is 24.3 Å². The lowest BCUT2D eigenvalue weighted by atomic mass is 9.94. The zero-order valence-corrected chi connectivity index (χ0v) is 14.3. The molecule has 1 unspecified atom stereocenters. The predicted octanol–water partition coefficient (Wildman–Crippen LogP) is 3.97. The van der Waals surface area contributed by atoms with Crippen molar-refractivity contribution >= 4 is 5.91 Å². The number of carbonyl (C=O) groups excluding carboxylic acids is 1. The minimum Gasteiger partial charge on any atom is -0.381 e. The standard InChI is InChI=1S/C19H29NO2/c1-14(2)13-20(19(21)17-9-11-22-12-10-17)16(4)18-8-6-5-7-15(18)3/h5-8,14,16-17H,9-13H2,1-4H3. The summed E-state index contributed by atoms with van der Waals surface area (Å²) in [6.45, 7) is 10.9. The molecule has 0 aromatic heterocycles. The largest absolute Gasteiger partial charge is 0.381 e. The van der Waals surface area contributed by atoms with E-state index >= 15 is 0 Å². The van der Waals surface area contributed by atoms with Gasteiger partial charge in [0, 0.05) is 25.7 Å². The van der Waals surface area contributed by atoms with Gasteiger partial charge in [0.05, 0.1) is 6.04 Å². The second-order valence-corrected chi connectivity index (χ2v) is 6.80. The highest BCUT2D eigenvalue weighted by Gasteiger charge is 2.30. The lowest BCUT2D eigenvalue weighted by Crippen LogP contribution is -2.42. The van der Waals surface area contributed by atoms with Gasteiger partial charge in [0.15, 0.2) is 0 Å². The van der Waals surface area contributed by atoms with Crippen LogP contribution in [0.3, 0.4) is 0 Å². The number of benzene rings is 1. The summed E-state index contributed by atoms with van der Waals surface area (Å²) < 4.78 is 5.40. The first-order valence-corrected chi connectivity index (χ1v) is 8.44. The third-order valence-electron chi connectivity index (χ3n) is 4.52. The quantitative estimate of drug-likeness (QED) is 0.824. The van der Waals surface area contributed by atoms with Crippen LogP contribution >= 0.6 is 0 Å². The molecule has 1 aliphatic heterocycles. The highest BCUT2D eigenvalue weighted by molar-refractivity contribution is 5.79. The number of nitrogens with zero attached hydrogens (tertiary/aromatic N) is 1. The van der Waals surface area contributed by atoms with Crippen molar-refractivity contribution in [3.05, 3.63) is 35.4 Å². The van der Waals surface area contributed by atoms with Gasteiger partial charge in [-0.25, -0.2) is 0 Å². The van der Waals surface area contributed by atoms with Crippen molar-refractivity contribution in [1.82, 2.24) is 4.90 Å². The Morgan fingerprint density at radius 3 is 2.45 bits per heavy atom. The Kier molecular flexibility index (Phi) is 6.01. The Labute approximate surface area is 134 Å². The molecule has 2 rings (SSSR count). The van der Waals surface area contributed by atoms with E-state index in [0.29, 0.717) is 25.0 Å². The highest BCUT2D eigenvalue weighted by Crippen LogP contribution is 2.28. The molecule has 0 aliphatic carbocycles. The summed E-state index contributed by atoms with van der Waals surface area (Å²) in [5, 5.41) is 0. The molecule has 1 heterocycles. The molecule has 1 aliphatic rings. The summed E-state index contributed by atoms with van der Waals surface area (Å²) in [5.74, 6) is 0.891. The molecule has 22 heavy (non-hydrogen) atoms. The van der Waals surface area contributed by atoms with Crippen LogP contribution in [-0.2, 0) is 9.53 Å². The fourth-order valence-corrected chi connectivity index (χ4v) is 3.23. The minimum atomic E-state index is 0.124. The summed E-state index contributed by atoms with van der Waals surface area (Å²) >= 11 is 0. The maximum absolute atomic E-state index is 13.0. The molecule has 1 aromatic rings. The van der Waals surface area contributed by atoms with E-state index in [2.05, 4.69) is 56.9 Å². The van der Waals surface area contributed by atoms with Gasteiger partial charge in [0.1, 0.15) is 0 Å². The van der Waals surface area contributed by atoms with Crippen molar-refractivity contribution in [2.75, 3.05) is 19.8 Å². The lowest BCUT2D eigenvalue weighted by Gasteiger charge is -2.35. The van der Waals surface area contributed by atoms with Crippen LogP contribution in [0.1, 0.15) is 50.8 Å². The van der Waals surface area contributed by atoms with Gasteiger partial charge in [-0.1, -0.05) is 38.1 Å². The fraction of sp³-hybridized carbons (Fsp3) is 0.632. The zero-order valence-electron chi connectivity index (χ0n) is 14.3. The van der Waals surface area contributed by atoms with Crippen LogP contribution in [-0.4, -0.2) is 30.6 Å². The number of amides is 1. The summed E-state index contributed by atoms with van der Waals surface area (Å²) in [5.41, 5.74) is 2.51. The molecule has 0 saturated carbocycles. The summed E-state index contributed by atoms with van der Waals surface area (Å²) in [4.78, 5) is 15.1. The summed E-state index contributed by atoms with van der Waals surface area (Å²) in [6, 6.07) is 8.51. The molecule has 1 atom stereocenters. The van der Waals surface area contributed by atoms with Crippen molar-refractivity contribution in [1.29, 1.82) is 0 Å². The normalized spacial score (nSPS) is 17.5. The van der Waals surface area contributed by atoms with Gasteiger partial charge in [-0.05, 0) is 43.7 Å². The van der Waals surface area contributed by atoms with Crippen molar-refractivity contribution in [2.45, 2.75) is 46.6 Å². The molecule has 0 radical (unpaired) electrons. The number of carbonyl (C=O) groups is 1. The molecule has 122 valence electrons. The van der Waals surface area contributed by atoms with Gasteiger partial charge in [-0.15, -0.1) is 0 Å². The van der Waals surface area contributed by atoms with E-state index in [1.54, 1.807) is 0 Å². The smallest absolute Gasteiger partial charge is 0.226 e. The Balaban J connectivity index is 2.21. The Morgan fingerprint density at radius 2 is 1.86 bits per heavy atom. The second-order valence-electron chi connectivity index (χ2n) is 6.80. The van der Waals surface area contributed by atoms with Crippen LogP contribution < -0.4 is 0 Å². The average Bonchev–Trinajstić information content (AvgIpc) is 2.52. The van der Waals surface area contributed by atoms with E-state index in [1.165, 1.54) is 11.1 Å². The van der Waals surface area contributed by atoms with Crippen molar-refractivity contribution in [3.8, 4) is 0 Å². The first kappa shape index (κ1) is 17.0. The monoisotopic (exact) mass is 303 g/mol. The summed E-state index contributed by atoms with van der Waals surface area (Å²) in [6.07, 6.45) is 1.71. The molecule has 0 bridgehead atoms. The Hall–Kier alpha value is -1.35. The maximum atomic E-state index is 13.0. The molecular formula is C19H29NO2. The minimum absolute atomic E-state index is 0.124. The Morgan fingerprint density at radius 1 is 1.23 bits per heavy atom. The summed E-state index contributed by atoms with van der Waals surface area (Å²) in [7, 11) is 0. The van der Waals surface area contributed by atoms with E-state index in [0.717, 1.165) is 19.4 Å². The van der Waals surface area contributed by atoms with E-state index in [1.807, 2.05) is 0 Å². The predicted molar refractivity (Wildman–Crippen MR) is 89.7 cm³/mol. The fourth-order valence-electron chi connectivity index (χ4n) is 3.23. The van der Waals surface area contributed by atoms with Crippen LogP contribution in [0, 0.1) is 18.8 Å². The van der Waals surface area contributed by atoms with Crippen molar-refractivity contribution < 1.29 is 9.53 Å². The number of rotatable bonds is 5. The molecule has 1 amide bonds. The Bertz CT molecular complexity index is 492. The SMILES string of the molecule is Cc1ccccc1C(C)N(CC(C)C)C(=O)C1CCOCC1. The van der Waals surface area contributed by atoms with Crippen LogP contribution in [0.4, 0.5) is 0 Å². The molecule has 3 nitrogen and oxygen atoms in total. The topological polar surface area (TPSA) is 29.5 Å².